The Hall–Kier alpha value is -1.58. The van der Waals surface area contributed by atoms with Crippen LogP contribution in [0.3, 0.4) is 0 Å². The van der Waals surface area contributed by atoms with Crippen molar-refractivity contribution in [1.82, 2.24) is 0 Å². The van der Waals surface area contributed by atoms with E-state index in [1.54, 1.807) is 13.0 Å². The molecule has 0 aromatic rings. The Balaban J connectivity index is 2.94. The Kier molecular flexibility index (Phi) is 3.45. The van der Waals surface area contributed by atoms with E-state index in [4.69, 9.17) is 10.9 Å². The van der Waals surface area contributed by atoms with Crippen molar-refractivity contribution in [1.29, 1.82) is 0 Å². The predicted octanol–water partition coefficient (Wildman–Crippen LogP) is 1.36. The minimum Gasteiger partial charge on any atom is -0.411 e. The first-order valence-corrected chi connectivity index (χ1v) is 4.61. The molecule has 0 spiro atoms. The van der Waals surface area contributed by atoms with E-state index in [1.807, 2.05) is 6.08 Å². The molecule has 0 radical (unpaired) electrons. The SMILES string of the molecule is CCC(=NO)C(=O)C1=C(N)C=CCC1. The van der Waals surface area contributed by atoms with Crippen LogP contribution in [-0.2, 0) is 4.79 Å². The van der Waals surface area contributed by atoms with Gasteiger partial charge in [-0.05, 0) is 25.3 Å². The number of Topliss-reactive ketones (excluding diaryl/α,β-unsaturated/α-hetero) is 1. The minimum atomic E-state index is -0.239. The second kappa shape index (κ2) is 4.60. The van der Waals surface area contributed by atoms with Gasteiger partial charge >= 0.3 is 0 Å². The second-order valence-corrected chi connectivity index (χ2v) is 3.10. The van der Waals surface area contributed by atoms with Crippen molar-refractivity contribution < 1.29 is 10.0 Å². The molecule has 1 rings (SSSR count). The van der Waals surface area contributed by atoms with Crippen molar-refractivity contribution in [2.24, 2.45) is 10.9 Å². The summed E-state index contributed by atoms with van der Waals surface area (Å²) in [6, 6.07) is 0. The normalized spacial score (nSPS) is 17.4. The fourth-order valence-corrected chi connectivity index (χ4v) is 1.38. The van der Waals surface area contributed by atoms with Crippen molar-refractivity contribution in [2.75, 3.05) is 0 Å². The van der Waals surface area contributed by atoms with Gasteiger partial charge in [-0.3, -0.25) is 4.79 Å². The number of oxime groups is 1. The van der Waals surface area contributed by atoms with Crippen LogP contribution in [-0.4, -0.2) is 16.7 Å². The molecule has 0 saturated carbocycles. The Morgan fingerprint density at radius 1 is 1.71 bits per heavy atom. The van der Waals surface area contributed by atoms with Gasteiger partial charge < -0.3 is 10.9 Å². The molecule has 4 nitrogen and oxygen atoms in total. The number of nitrogens with two attached hydrogens (primary N) is 1. The van der Waals surface area contributed by atoms with Crippen LogP contribution in [0.15, 0.2) is 28.6 Å². The van der Waals surface area contributed by atoms with Gasteiger partial charge in [0.2, 0.25) is 5.78 Å². The van der Waals surface area contributed by atoms with E-state index in [-0.39, 0.29) is 11.5 Å². The van der Waals surface area contributed by atoms with E-state index in [0.717, 1.165) is 6.42 Å². The van der Waals surface area contributed by atoms with E-state index in [0.29, 0.717) is 24.1 Å². The molecule has 0 atom stereocenters. The maximum Gasteiger partial charge on any atom is 0.208 e. The molecule has 0 fully saturated rings. The number of nitrogens with zero attached hydrogens (tertiary/aromatic N) is 1. The van der Waals surface area contributed by atoms with Crippen LogP contribution in [0.2, 0.25) is 0 Å². The van der Waals surface area contributed by atoms with Gasteiger partial charge in [-0.15, -0.1) is 0 Å². The number of allylic oxidation sites excluding steroid dienone is 3. The number of hydrogen-bond acceptors (Lipinski definition) is 4. The highest BCUT2D eigenvalue weighted by Crippen LogP contribution is 2.17. The summed E-state index contributed by atoms with van der Waals surface area (Å²) in [7, 11) is 0. The summed E-state index contributed by atoms with van der Waals surface area (Å²) < 4.78 is 0. The van der Waals surface area contributed by atoms with Gasteiger partial charge in [0, 0.05) is 11.3 Å². The van der Waals surface area contributed by atoms with Gasteiger partial charge in [0.15, 0.2) is 0 Å². The maximum atomic E-state index is 11.7. The molecular formula is C10H14N2O2. The van der Waals surface area contributed by atoms with E-state index >= 15 is 0 Å². The van der Waals surface area contributed by atoms with Crippen LogP contribution < -0.4 is 5.73 Å². The van der Waals surface area contributed by atoms with Crippen molar-refractivity contribution in [2.45, 2.75) is 26.2 Å². The smallest absolute Gasteiger partial charge is 0.208 e. The number of carbonyl (C=O) groups excluding carboxylic acids is 1. The number of hydrogen-bond donors (Lipinski definition) is 2. The standard InChI is InChI=1S/C10H14N2O2/c1-2-9(12-14)10(13)7-5-3-4-6-8(7)11/h4,6,14H,2-3,5,11H2,1H3. The minimum absolute atomic E-state index is 0.165. The average molecular weight is 194 g/mol. The Morgan fingerprint density at radius 2 is 2.43 bits per heavy atom. The van der Waals surface area contributed by atoms with Crippen molar-refractivity contribution in [3.8, 4) is 0 Å². The topological polar surface area (TPSA) is 75.7 Å². The summed E-state index contributed by atoms with van der Waals surface area (Å²) in [5.74, 6) is -0.239. The van der Waals surface area contributed by atoms with Crippen molar-refractivity contribution in [3.05, 3.63) is 23.4 Å². The summed E-state index contributed by atoms with van der Waals surface area (Å²) in [6.07, 6.45) is 5.50. The van der Waals surface area contributed by atoms with E-state index < -0.39 is 0 Å². The summed E-state index contributed by atoms with van der Waals surface area (Å²) in [6.45, 7) is 1.77. The lowest BCUT2D eigenvalue weighted by Gasteiger charge is -2.11. The summed E-state index contributed by atoms with van der Waals surface area (Å²) in [5, 5.41) is 11.6. The molecular weight excluding hydrogens is 180 g/mol. The summed E-state index contributed by atoms with van der Waals surface area (Å²) >= 11 is 0. The number of rotatable bonds is 3. The molecule has 0 bridgehead atoms. The average Bonchev–Trinajstić information content (AvgIpc) is 2.20. The molecule has 4 heteroatoms. The zero-order chi connectivity index (χ0) is 10.6. The number of carbonyl (C=O) groups is 1. The lowest BCUT2D eigenvalue weighted by Crippen LogP contribution is -2.20. The van der Waals surface area contributed by atoms with Crippen LogP contribution in [0.4, 0.5) is 0 Å². The molecule has 0 aromatic heterocycles. The third-order valence-corrected chi connectivity index (χ3v) is 2.20. The highest BCUT2D eigenvalue weighted by atomic mass is 16.4. The van der Waals surface area contributed by atoms with E-state index in [9.17, 15) is 4.79 Å². The second-order valence-electron chi connectivity index (χ2n) is 3.10. The zero-order valence-electron chi connectivity index (χ0n) is 8.16. The van der Waals surface area contributed by atoms with E-state index in [1.165, 1.54) is 0 Å². The van der Waals surface area contributed by atoms with Gasteiger partial charge in [0.25, 0.3) is 0 Å². The lowest BCUT2D eigenvalue weighted by atomic mass is 9.95. The fraction of sp³-hybridized carbons (Fsp3) is 0.400. The van der Waals surface area contributed by atoms with E-state index in [2.05, 4.69) is 5.16 Å². The third-order valence-electron chi connectivity index (χ3n) is 2.20. The molecule has 0 heterocycles. The monoisotopic (exact) mass is 194 g/mol. The molecule has 0 saturated heterocycles. The molecule has 14 heavy (non-hydrogen) atoms. The Labute approximate surface area is 82.8 Å². The highest BCUT2D eigenvalue weighted by molar-refractivity contribution is 6.45. The van der Waals surface area contributed by atoms with Gasteiger partial charge in [0.05, 0.1) is 0 Å². The largest absolute Gasteiger partial charge is 0.411 e. The van der Waals surface area contributed by atoms with Crippen LogP contribution >= 0.6 is 0 Å². The number of ketones is 1. The first-order chi connectivity index (χ1) is 6.70. The molecule has 0 unspecified atom stereocenters. The fourth-order valence-electron chi connectivity index (χ4n) is 1.38. The van der Waals surface area contributed by atoms with Crippen molar-refractivity contribution >= 4 is 11.5 Å². The van der Waals surface area contributed by atoms with Crippen LogP contribution in [0.5, 0.6) is 0 Å². The predicted molar refractivity (Wildman–Crippen MR) is 54.1 cm³/mol. The molecule has 3 N–H and O–H groups in total. The lowest BCUT2D eigenvalue weighted by molar-refractivity contribution is -0.110. The molecule has 0 aliphatic heterocycles. The molecule has 1 aliphatic rings. The van der Waals surface area contributed by atoms with Crippen LogP contribution in [0.25, 0.3) is 0 Å². The zero-order valence-corrected chi connectivity index (χ0v) is 8.16. The van der Waals surface area contributed by atoms with Gasteiger partial charge in [-0.2, -0.15) is 0 Å². The molecule has 76 valence electrons. The Morgan fingerprint density at radius 3 is 2.93 bits per heavy atom. The van der Waals surface area contributed by atoms with Gasteiger partial charge in [-0.1, -0.05) is 18.2 Å². The highest BCUT2D eigenvalue weighted by Gasteiger charge is 2.19. The first kappa shape index (κ1) is 10.5. The summed E-state index contributed by atoms with van der Waals surface area (Å²) in [4.78, 5) is 11.7. The molecule has 0 aromatic carbocycles. The first-order valence-electron chi connectivity index (χ1n) is 4.61. The quantitative estimate of drug-likeness (QED) is 0.404. The van der Waals surface area contributed by atoms with Gasteiger partial charge in [0.1, 0.15) is 5.71 Å². The molecule has 1 aliphatic carbocycles. The third kappa shape index (κ3) is 2.02. The Bertz CT molecular complexity index is 327. The van der Waals surface area contributed by atoms with Crippen molar-refractivity contribution in [3.63, 3.8) is 0 Å². The maximum absolute atomic E-state index is 11.7. The van der Waals surface area contributed by atoms with Gasteiger partial charge in [-0.25, -0.2) is 0 Å². The van der Waals surface area contributed by atoms with Crippen LogP contribution in [0, 0.1) is 0 Å². The summed E-state index contributed by atoms with van der Waals surface area (Å²) in [5.41, 5.74) is 6.87. The van der Waals surface area contributed by atoms with Crippen LogP contribution in [0.1, 0.15) is 26.2 Å². The molecule has 0 amide bonds.